The fraction of sp³-hybridized carbons (Fsp3) is 0.200. The van der Waals surface area contributed by atoms with Gasteiger partial charge in [-0.1, -0.05) is 12.1 Å². The predicted octanol–water partition coefficient (Wildman–Crippen LogP) is 0.992. The molecule has 2 rings (SSSR count). The van der Waals surface area contributed by atoms with Gasteiger partial charge < -0.3 is 10.2 Å². The van der Waals surface area contributed by atoms with E-state index in [1.165, 1.54) is 4.90 Å². The molecular weight excluding hydrogens is 180 g/mol. The van der Waals surface area contributed by atoms with Crippen molar-refractivity contribution < 1.29 is 9.59 Å². The second-order valence-electron chi connectivity index (χ2n) is 3.11. The lowest BCUT2D eigenvalue weighted by molar-refractivity contribution is -0.116. The van der Waals surface area contributed by atoms with Gasteiger partial charge in [-0.15, -0.1) is 0 Å². The number of fused-ring (bicyclic) bond motifs is 1. The highest BCUT2D eigenvalue weighted by molar-refractivity contribution is 5.99. The molecule has 1 aromatic carbocycles. The highest BCUT2D eigenvalue weighted by atomic mass is 16.2. The molecule has 1 aliphatic rings. The van der Waals surface area contributed by atoms with Crippen LogP contribution < -0.4 is 10.2 Å². The fourth-order valence-electron chi connectivity index (χ4n) is 1.49. The van der Waals surface area contributed by atoms with Gasteiger partial charge in [0.1, 0.15) is 0 Å². The van der Waals surface area contributed by atoms with Gasteiger partial charge in [-0.25, -0.2) is 0 Å². The van der Waals surface area contributed by atoms with Gasteiger partial charge in [-0.2, -0.15) is 0 Å². The Morgan fingerprint density at radius 1 is 1.36 bits per heavy atom. The number of nitrogens with one attached hydrogen (secondary N) is 1. The predicted molar refractivity (Wildman–Crippen MR) is 53.1 cm³/mol. The van der Waals surface area contributed by atoms with E-state index in [9.17, 15) is 9.59 Å². The van der Waals surface area contributed by atoms with Crippen LogP contribution >= 0.6 is 0 Å². The van der Waals surface area contributed by atoms with Gasteiger partial charge >= 0.3 is 0 Å². The molecule has 1 heterocycles. The van der Waals surface area contributed by atoms with Gasteiger partial charge in [0.15, 0.2) is 0 Å². The molecule has 0 atom stereocenters. The Kier molecular flexibility index (Phi) is 2.18. The topological polar surface area (TPSA) is 49.4 Å². The zero-order chi connectivity index (χ0) is 9.97. The Morgan fingerprint density at radius 2 is 2.14 bits per heavy atom. The summed E-state index contributed by atoms with van der Waals surface area (Å²) in [5.74, 6) is -0.0539. The molecule has 0 aromatic heterocycles. The molecule has 4 heteroatoms. The van der Waals surface area contributed by atoms with Crippen LogP contribution in [0.5, 0.6) is 0 Å². The van der Waals surface area contributed by atoms with Crippen molar-refractivity contribution in [2.24, 2.45) is 0 Å². The van der Waals surface area contributed by atoms with Crippen molar-refractivity contribution in [1.82, 2.24) is 0 Å². The lowest BCUT2D eigenvalue weighted by Crippen LogP contribution is -2.22. The minimum absolute atomic E-state index is 0.0539. The summed E-state index contributed by atoms with van der Waals surface area (Å²) < 4.78 is 0. The molecule has 0 saturated carbocycles. The lowest BCUT2D eigenvalue weighted by Gasteiger charge is -2.15. The molecule has 0 radical (unpaired) electrons. The Bertz CT molecular complexity index is 376. The smallest absolute Gasteiger partial charge is 0.226 e. The van der Waals surface area contributed by atoms with Crippen LogP contribution in [0.15, 0.2) is 24.3 Å². The van der Waals surface area contributed by atoms with Crippen LogP contribution in [0.3, 0.4) is 0 Å². The maximum absolute atomic E-state index is 11.3. The van der Waals surface area contributed by atoms with Crippen LogP contribution in [0.1, 0.15) is 6.42 Å². The Balaban J connectivity index is 2.45. The van der Waals surface area contributed by atoms with E-state index in [0.29, 0.717) is 18.7 Å². The van der Waals surface area contributed by atoms with Crippen molar-refractivity contribution in [2.45, 2.75) is 6.42 Å². The average molecular weight is 190 g/mol. The summed E-state index contributed by atoms with van der Waals surface area (Å²) in [4.78, 5) is 23.6. The molecule has 4 nitrogen and oxygen atoms in total. The molecule has 1 aromatic rings. The molecule has 1 N–H and O–H groups in total. The van der Waals surface area contributed by atoms with Crippen molar-refractivity contribution >= 4 is 23.7 Å². The summed E-state index contributed by atoms with van der Waals surface area (Å²) in [5.41, 5.74) is 1.45. The molecule has 0 aliphatic carbocycles. The highest BCUT2D eigenvalue weighted by Crippen LogP contribution is 2.26. The van der Waals surface area contributed by atoms with Crippen LogP contribution in [0.2, 0.25) is 0 Å². The normalized spacial score (nSPS) is 15.4. The van der Waals surface area contributed by atoms with E-state index in [1.54, 1.807) is 6.07 Å². The van der Waals surface area contributed by atoms with Crippen LogP contribution in [0.4, 0.5) is 11.4 Å². The van der Waals surface area contributed by atoms with E-state index in [-0.39, 0.29) is 5.91 Å². The molecule has 0 spiro atoms. The molecule has 72 valence electrons. The Labute approximate surface area is 81.5 Å². The number of para-hydroxylation sites is 2. The average Bonchev–Trinajstić information content (AvgIpc) is 2.36. The number of carbonyl (C=O) groups excluding carboxylic acids is 2. The number of hydrogen-bond acceptors (Lipinski definition) is 2. The van der Waals surface area contributed by atoms with E-state index >= 15 is 0 Å². The van der Waals surface area contributed by atoms with Crippen LogP contribution in [0.25, 0.3) is 0 Å². The largest absolute Gasteiger partial charge is 0.324 e. The first-order valence-electron chi connectivity index (χ1n) is 4.42. The van der Waals surface area contributed by atoms with E-state index in [1.807, 2.05) is 18.2 Å². The van der Waals surface area contributed by atoms with Crippen molar-refractivity contribution in [2.75, 3.05) is 16.8 Å². The first-order chi connectivity index (χ1) is 6.81. The van der Waals surface area contributed by atoms with Crippen LogP contribution in [-0.4, -0.2) is 18.9 Å². The van der Waals surface area contributed by atoms with Gasteiger partial charge in [-0.05, 0) is 12.1 Å². The summed E-state index contributed by atoms with van der Waals surface area (Å²) >= 11 is 0. The summed E-state index contributed by atoms with van der Waals surface area (Å²) in [6.45, 7) is 0.437. The zero-order valence-electron chi connectivity index (χ0n) is 7.56. The maximum Gasteiger partial charge on any atom is 0.226 e. The number of amides is 2. The minimum Gasteiger partial charge on any atom is -0.324 e. The quantitative estimate of drug-likeness (QED) is 0.671. The first kappa shape index (κ1) is 8.74. The summed E-state index contributed by atoms with van der Waals surface area (Å²) in [6.07, 6.45) is 1.09. The number of anilines is 2. The lowest BCUT2D eigenvalue weighted by atomic mass is 10.2. The minimum atomic E-state index is -0.0539. The Hall–Kier alpha value is -1.84. The van der Waals surface area contributed by atoms with Gasteiger partial charge in [0.05, 0.1) is 11.4 Å². The zero-order valence-corrected chi connectivity index (χ0v) is 7.56. The second kappa shape index (κ2) is 3.49. The number of nitrogens with zero attached hydrogens (tertiary/aromatic N) is 1. The Morgan fingerprint density at radius 3 is 2.93 bits per heavy atom. The summed E-state index contributed by atoms with van der Waals surface area (Å²) in [7, 11) is 0. The SMILES string of the molecule is O=CN1CCC(=O)Nc2ccccc21. The first-order valence-corrected chi connectivity index (χ1v) is 4.42. The molecule has 0 fully saturated rings. The number of benzene rings is 1. The van der Waals surface area contributed by atoms with E-state index < -0.39 is 0 Å². The van der Waals surface area contributed by atoms with Crippen LogP contribution in [-0.2, 0) is 9.59 Å². The van der Waals surface area contributed by atoms with Gasteiger partial charge in [0.25, 0.3) is 0 Å². The van der Waals surface area contributed by atoms with Crippen molar-refractivity contribution in [1.29, 1.82) is 0 Å². The number of rotatable bonds is 1. The fourth-order valence-corrected chi connectivity index (χ4v) is 1.49. The van der Waals surface area contributed by atoms with E-state index in [4.69, 9.17) is 0 Å². The maximum atomic E-state index is 11.3. The second-order valence-corrected chi connectivity index (χ2v) is 3.11. The van der Waals surface area contributed by atoms with Crippen LogP contribution in [0, 0.1) is 0 Å². The van der Waals surface area contributed by atoms with E-state index in [2.05, 4.69) is 5.32 Å². The van der Waals surface area contributed by atoms with Gasteiger partial charge in [0, 0.05) is 13.0 Å². The molecule has 2 amide bonds. The molecule has 0 saturated heterocycles. The van der Waals surface area contributed by atoms with Gasteiger partial charge in [0.2, 0.25) is 12.3 Å². The molecule has 0 bridgehead atoms. The van der Waals surface area contributed by atoms with Crippen molar-refractivity contribution in [3.8, 4) is 0 Å². The third kappa shape index (κ3) is 1.46. The molecular formula is C10H10N2O2. The standard InChI is InChI=1S/C10H10N2O2/c13-7-12-6-5-10(14)11-8-3-1-2-4-9(8)12/h1-4,7H,5-6H2,(H,11,14). The molecule has 0 unspecified atom stereocenters. The van der Waals surface area contributed by atoms with Crippen molar-refractivity contribution in [3.63, 3.8) is 0 Å². The van der Waals surface area contributed by atoms with Gasteiger partial charge in [-0.3, -0.25) is 9.59 Å². The van der Waals surface area contributed by atoms with E-state index in [0.717, 1.165) is 12.1 Å². The summed E-state index contributed by atoms with van der Waals surface area (Å²) in [6, 6.07) is 7.27. The highest BCUT2D eigenvalue weighted by Gasteiger charge is 2.17. The monoisotopic (exact) mass is 190 g/mol. The number of hydrogen-bond donors (Lipinski definition) is 1. The number of carbonyl (C=O) groups is 2. The molecule has 1 aliphatic heterocycles. The van der Waals surface area contributed by atoms with Crippen molar-refractivity contribution in [3.05, 3.63) is 24.3 Å². The summed E-state index contributed by atoms with van der Waals surface area (Å²) in [5, 5.41) is 2.75. The third-order valence-electron chi connectivity index (χ3n) is 2.19. The molecule has 14 heavy (non-hydrogen) atoms. The third-order valence-corrected chi connectivity index (χ3v) is 2.19.